The summed E-state index contributed by atoms with van der Waals surface area (Å²) in [5.41, 5.74) is 1.06. The number of aldehydes is 1. The van der Waals surface area contributed by atoms with Gasteiger partial charge in [0.1, 0.15) is 35.1 Å². The highest BCUT2D eigenvalue weighted by molar-refractivity contribution is 7.92. The first-order valence-corrected chi connectivity index (χ1v) is 14.2. The number of carbonyl (C=O) groups excluding carboxylic acids is 3. The fourth-order valence-corrected chi connectivity index (χ4v) is 4.92. The molecule has 1 unspecified atom stereocenters. The minimum absolute atomic E-state index is 0.0492. The predicted octanol–water partition coefficient (Wildman–Crippen LogP) is 4.20. The Morgan fingerprint density at radius 1 is 1.20 bits per heavy atom. The van der Waals surface area contributed by atoms with Gasteiger partial charge in [-0.25, -0.2) is 17.6 Å². The lowest BCUT2D eigenvalue weighted by Gasteiger charge is -2.27. The van der Waals surface area contributed by atoms with Crippen molar-refractivity contribution in [3.05, 3.63) is 59.4 Å². The maximum Gasteiger partial charge on any atom is 0.411 e. The van der Waals surface area contributed by atoms with Gasteiger partial charge in [0, 0.05) is 36.7 Å². The summed E-state index contributed by atoms with van der Waals surface area (Å²) < 4.78 is 51.4. The number of benzene rings is 2. The van der Waals surface area contributed by atoms with Crippen LogP contribution in [0.3, 0.4) is 0 Å². The van der Waals surface area contributed by atoms with E-state index >= 15 is 0 Å². The number of amides is 2. The number of rotatable bonds is 6. The van der Waals surface area contributed by atoms with Crippen molar-refractivity contribution in [3.63, 3.8) is 0 Å². The third-order valence-corrected chi connectivity index (χ3v) is 7.58. The summed E-state index contributed by atoms with van der Waals surface area (Å²) >= 11 is 0. The number of furan rings is 1. The average molecular weight is 572 g/mol. The molecule has 2 heterocycles. The summed E-state index contributed by atoms with van der Waals surface area (Å²) in [6.07, 6.45) is 2.48. The molecule has 1 aliphatic heterocycles. The number of halogens is 1. The monoisotopic (exact) mass is 571 g/mol. The molecule has 4 rings (SSSR count). The molecule has 0 saturated heterocycles. The highest BCUT2D eigenvalue weighted by Crippen LogP contribution is 2.41. The van der Waals surface area contributed by atoms with Crippen LogP contribution in [-0.2, 0) is 19.6 Å². The van der Waals surface area contributed by atoms with Crippen molar-refractivity contribution in [2.45, 2.75) is 32.4 Å². The van der Waals surface area contributed by atoms with Gasteiger partial charge in [-0.05, 0) is 62.8 Å². The van der Waals surface area contributed by atoms with Gasteiger partial charge in [-0.1, -0.05) is 0 Å². The molecule has 0 fully saturated rings. The predicted molar refractivity (Wildman–Crippen MR) is 149 cm³/mol. The highest BCUT2D eigenvalue weighted by atomic mass is 32.2. The van der Waals surface area contributed by atoms with Gasteiger partial charge in [0.2, 0.25) is 10.0 Å². The Kier molecular flexibility index (Phi) is 7.50. The van der Waals surface area contributed by atoms with Gasteiger partial charge in [0.25, 0.3) is 5.91 Å². The van der Waals surface area contributed by atoms with Gasteiger partial charge in [0.05, 0.1) is 24.1 Å². The van der Waals surface area contributed by atoms with E-state index < -0.39 is 39.5 Å². The maximum absolute atomic E-state index is 13.6. The van der Waals surface area contributed by atoms with Crippen LogP contribution in [0.25, 0.3) is 27.9 Å². The third-order valence-electron chi connectivity index (χ3n) is 6.39. The van der Waals surface area contributed by atoms with Crippen LogP contribution in [0.2, 0.25) is 0 Å². The molecule has 1 N–H and O–H groups in total. The molecular formula is C28H30FN3O7S. The summed E-state index contributed by atoms with van der Waals surface area (Å²) in [6, 6.07) is 7.54. The topological polar surface area (TPSA) is 126 Å². The molecule has 0 saturated carbocycles. The summed E-state index contributed by atoms with van der Waals surface area (Å²) in [5, 5.41) is 2.94. The van der Waals surface area contributed by atoms with Crippen LogP contribution in [0, 0.1) is 5.82 Å². The zero-order valence-electron chi connectivity index (χ0n) is 22.9. The summed E-state index contributed by atoms with van der Waals surface area (Å²) in [4.78, 5) is 39.1. The molecule has 3 aromatic rings. The van der Waals surface area contributed by atoms with E-state index in [1.807, 2.05) is 0 Å². The van der Waals surface area contributed by atoms with Gasteiger partial charge in [-0.2, -0.15) is 0 Å². The Hall–Kier alpha value is -4.19. The lowest BCUT2D eigenvalue weighted by molar-refractivity contribution is -0.110. The highest BCUT2D eigenvalue weighted by Gasteiger charge is 2.35. The summed E-state index contributed by atoms with van der Waals surface area (Å²) in [6.45, 7) is 5.06. The third kappa shape index (κ3) is 5.57. The molecule has 1 atom stereocenters. The molecule has 40 heavy (non-hydrogen) atoms. The fraction of sp³-hybridized carbons (Fsp3) is 0.321. The molecular weight excluding hydrogens is 541 g/mol. The second-order valence-electron chi connectivity index (χ2n) is 10.4. The molecule has 1 aromatic heterocycles. The van der Waals surface area contributed by atoms with Crippen molar-refractivity contribution in [1.82, 2.24) is 10.2 Å². The van der Waals surface area contributed by atoms with Gasteiger partial charge in [-0.15, -0.1) is 0 Å². The molecule has 212 valence electrons. The molecule has 2 aromatic carbocycles. The Morgan fingerprint density at radius 3 is 2.40 bits per heavy atom. The quantitative estimate of drug-likeness (QED) is 0.440. The number of hydrogen-bond donors (Lipinski definition) is 1. The second-order valence-corrected chi connectivity index (χ2v) is 12.4. The average Bonchev–Trinajstić information content (AvgIpc) is 3.47. The molecule has 0 bridgehead atoms. The lowest BCUT2D eigenvalue weighted by atomic mass is 9.98. The Balaban J connectivity index is 1.95. The van der Waals surface area contributed by atoms with Crippen LogP contribution in [0.4, 0.5) is 14.9 Å². The van der Waals surface area contributed by atoms with E-state index in [1.54, 1.807) is 32.9 Å². The normalized spacial score (nSPS) is 15.6. The minimum Gasteiger partial charge on any atom is -0.455 e. The number of ether oxygens (including phenoxy) is 1. The molecule has 1 aliphatic rings. The van der Waals surface area contributed by atoms with Gasteiger partial charge < -0.3 is 19.3 Å². The van der Waals surface area contributed by atoms with Crippen molar-refractivity contribution >= 4 is 50.5 Å². The van der Waals surface area contributed by atoms with Gasteiger partial charge in [0.15, 0.2) is 0 Å². The van der Waals surface area contributed by atoms with Crippen LogP contribution < -0.4 is 9.62 Å². The SMILES string of the molecule is CNC(=O)c1c(-c2ccc(F)cc2)oc2cc(N(C)S(C)(=O)=O)c(C3=CC(C=O)N(C(=O)OC(C)(C)C)C3)cc12. The van der Waals surface area contributed by atoms with Crippen LogP contribution in [0.5, 0.6) is 0 Å². The van der Waals surface area contributed by atoms with Crippen LogP contribution in [-0.4, -0.2) is 70.1 Å². The van der Waals surface area contributed by atoms with Crippen molar-refractivity contribution in [1.29, 1.82) is 0 Å². The van der Waals surface area contributed by atoms with Gasteiger partial charge >= 0.3 is 6.09 Å². The Labute approximate surface area is 231 Å². The first-order valence-electron chi connectivity index (χ1n) is 12.3. The lowest BCUT2D eigenvalue weighted by Crippen LogP contribution is -2.41. The number of fused-ring (bicyclic) bond motifs is 1. The smallest absolute Gasteiger partial charge is 0.411 e. The molecule has 0 radical (unpaired) electrons. The van der Waals surface area contributed by atoms with Crippen LogP contribution in [0.1, 0.15) is 36.7 Å². The zero-order chi connectivity index (χ0) is 29.6. The second kappa shape index (κ2) is 10.4. The van der Waals surface area contributed by atoms with E-state index in [9.17, 15) is 27.2 Å². The van der Waals surface area contributed by atoms with E-state index in [0.29, 0.717) is 28.4 Å². The molecule has 0 spiro atoms. The maximum atomic E-state index is 13.6. The summed E-state index contributed by atoms with van der Waals surface area (Å²) in [7, 11) is -0.946. The van der Waals surface area contributed by atoms with E-state index in [4.69, 9.17) is 9.15 Å². The van der Waals surface area contributed by atoms with E-state index in [-0.39, 0.29) is 29.1 Å². The van der Waals surface area contributed by atoms with Crippen molar-refractivity contribution in [3.8, 4) is 11.3 Å². The zero-order valence-corrected chi connectivity index (χ0v) is 23.8. The molecule has 2 amide bonds. The van der Waals surface area contributed by atoms with Crippen LogP contribution >= 0.6 is 0 Å². The Bertz CT molecular complexity index is 1640. The molecule has 12 heteroatoms. The van der Waals surface area contributed by atoms with E-state index in [0.717, 1.165) is 10.6 Å². The van der Waals surface area contributed by atoms with Crippen molar-refractivity contribution < 1.29 is 36.3 Å². The minimum atomic E-state index is -3.76. The first-order chi connectivity index (χ1) is 18.6. The van der Waals surface area contributed by atoms with Crippen molar-refractivity contribution in [2.24, 2.45) is 0 Å². The van der Waals surface area contributed by atoms with E-state index in [1.165, 1.54) is 49.3 Å². The first kappa shape index (κ1) is 28.8. The van der Waals surface area contributed by atoms with Gasteiger partial charge in [-0.3, -0.25) is 14.0 Å². The number of nitrogens with one attached hydrogen (secondary N) is 1. The fourth-order valence-electron chi connectivity index (χ4n) is 4.42. The van der Waals surface area contributed by atoms with E-state index in [2.05, 4.69) is 5.32 Å². The molecule has 10 nitrogen and oxygen atoms in total. The van der Waals surface area contributed by atoms with Crippen molar-refractivity contribution in [2.75, 3.05) is 31.2 Å². The molecule has 0 aliphatic carbocycles. The number of nitrogens with zero attached hydrogens (tertiary/aromatic N) is 2. The standard InChI is InChI=1S/C28H30FN3O7S/c1-28(2,3)39-27(35)32-14-17(11-19(32)15-33)20-12-21-23(13-22(20)31(5)40(6,36)37)38-25(24(21)26(34)30-4)16-7-9-18(29)10-8-16/h7-13,15,19H,14H2,1-6H3,(H,30,34). The Morgan fingerprint density at radius 2 is 1.85 bits per heavy atom. The largest absolute Gasteiger partial charge is 0.455 e. The van der Waals surface area contributed by atoms with Crippen LogP contribution in [0.15, 0.2) is 46.9 Å². The number of sulfonamides is 1. The number of carbonyl (C=O) groups is 3. The number of hydrogen-bond acceptors (Lipinski definition) is 7. The summed E-state index contributed by atoms with van der Waals surface area (Å²) in [5.74, 6) is -0.774. The number of anilines is 1.